The molecule has 2 aromatic carbocycles. The summed E-state index contributed by atoms with van der Waals surface area (Å²) in [5.41, 5.74) is 2.24. The first-order valence-electron chi connectivity index (χ1n) is 6.21. The van der Waals surface area contributed by atoms with Crippen molar-refractivity contribution in [2.24, 2.45) is 0 Å². The average molecular weight is 368 g/mol. The fourth-order valence-electron chi connectivity index (χ4n) is 1.96. The molecule has 0 unspecified atom stereocenters. The van der Waals surface area contributed by atoms with E-state index in [2.05, 4.69) is 38.4 Å². The van der Waals surface area contributed by atoms with Gasteiger partial charge in [0.1, 0.15) is 5.01 Å². The zero-order valence-electron chi connectivity index (χ0n) is 10.6. The minimum absolute atomic E-state index is 0.740. The molecule has 0 atom stereocenters. The highest BCUT2D eigenvalue weighted by atomic mass is 79.9. The van der Waals surface area contributed by atoms with Crippen LogP contribution in [0.25, 0.3) is 10.2 Å². The van der Waals surface area contributed by atoms with E-state index in [4.69, 9.17) is 11.6 Å². The summed E-state index contributed by atoms with van der Waals surface area (Å²) in [6, 6.07) is 14.2. The van der Waals surface area contributed by atoms with Crippen LogP contribution in [0.3, 0.4) is 0 Å². The van der Waals surface area contributed by atoms with Crippen LogP contribution >= 0.6 is 38.9 Å². The van der Waals surface area contributed by atoms with Gasteiger partial charge in [0, 0.05) is 17.6 Å². The summed E-state index contributed by atoms with van der Waals surface area (Å²) in [5, 5.41) is 5.25. The molecule has 0 radical (unpaired) electrons. The predicted octanol–water partition coefficient (Wildman–Crippen LogP) is 5.00. The number of rotatable bonds is 4. The molecule has 1 heterocycles. The summed E-state index contributed by atoms with van der Waals surface area (Å²) in [6.45, 7) is 1.55. The molecule has 1 N–H and O–H groups in total. The molecule has 0 saturated carbocycles. The third-order valence-corrected chi connectivity index (χ3v) is 5.20. The fraction of sp³-hybridized carbons (Fsp3) is 0.133. The fourth-order valence-corrected chi connectivity index (χ4v) is 3.35. The second-order valence-corrected chi connectivity index (χ2v) is 6.80. The van der Waals surface area contributed by atoms with Gasteiger partial charge in [0.15, 0.2) is 0 Å². The summed E-state index contributed by atoms with van der Waals surface area (Å²) >= 11 is 11.2. The van der Waals surface area contributed by atoms with E-state index in [9.17, 15) is 0 Å². The molecule has 3 rings (SSSR count). The number of benzene rings is 2. The lowest BCUT2D eigenvalue weighted by atomic mass is 10.2. The van der Waals surface area contributed by atoms with E-state index in [1.165, 1.54) is 10.3 Å². The number of para-hydroxylation sites is 1. The summed E-state index contributed by atoms with van der Waals surface area (Å²) in [5.74, 6) is 0. The molecule has 102 valence electrons. The van der Waals surface area contributed by atoms with Crippen LogP contribution in [0.2, 0.25) is 5.02 Å². The molecule has 2 nitrogen and oxygen atoms in total. The van der Waals surface area contributed by atoms with E-state index in [0.29, 0.717) is 0 Å². The maximum absolute atomic E-state index is 6.08. The molecule has 0 aliphatic rings. The second kappa shape index (κ2) is 6.22. The van der Waals surface area contributed by atoms with Gasteiger partial charge in [-0.15, -0.1) is 11.3 Å². The highest BCUT2D eigenvalue weighted by molar-refractivity contribution is 9.10. The minimum Gasteiger partial charge on any atom is -0.306 e. The van der Waals surface area contributed by atoms with Gasteiger partial charge in [-0.05, 0) is 45.8 Å². The first-order chi connectivity index (χ1) is 9.72. The molecule has 5 heteroatoms. The number of nitrogens with zero attached hydrogens (tertiary/aromatic N) is 1. The van der Waals surface area contributed by atoms with Gasteiger partial charge in [-0.3, -0.25) is 0 Å². The quantitative estimate of drug-likeness (QED) is 0.701. The average Bonchev–Trinajstić information content (AvgIpc) is 2.85. The third kappa shape index (κ3) is 3.20. The number of halogens is 2. The molecule has 1 aromatic heterocycles. The number of fused-ring (bicyclic) bond motifs is 1. The Morgan fingerprint density at radius 3 is 2.80 bits per heavy atom. The molecule has 0 aliphatic heterocycles. The van der Waals surface area contributed by atoms with E-state index in [0.717, 1.165) is 33.1 Å². The number of nitrogens with one attached hydrogen (secondary N) is 1. The molecule has 0 spiro atoms. The first kappa shape index (κ1) is 14.0. The molecule has 20 heavy (non-hydrogen) atoms. The second-order valence-electron chi connectivity index (χ2n) is 4.43. The van der Waals surface area contributed by atoms with Crippen LogP contribution in [-0.4, -0.2) is 4.98 Å². The molecule has 0 saturated heterocycles. The van der Waals surface area contributed by atoms with Crippen LogP contribution in [0.4, 0.5) is 0 Å². The summed E-state index contributed by atoms with van der Waals surface area (Å²) in [6.07, 6.45) is 0. The van der Waals surface area contributed by atoms with E-state index >= 15 is 0 Å². The molecule has 0 fully saturated rings. The van der Waals surface area contributed by atoms with Crippen LogP contribution in [0.5, 0.6) is 0 Å². The van der Waals surface area contributed by atoms with E-state index in [1.54, 1.807) is 11.3 Å². The Labute approximate surface area is 134 Å². The number of aromatic nitrogens is 1. The monoisotopic (exact) mass is 366 g/mol. The Morgan fingerprint density at radius 1 is 1.15 bits per heavy atom. The Balaban J connectivity index is 1.63. The van der Waals surface area contributed by atoms with Gasteiger partial charge < -0.3 is 5.32 Å². The van der Waals surface area contributed by atoms with Gasteiger partial charge in [0.05, 0.1) is 15.2 Å². The first-order valence-corrected chi connectivity index (χ1v) is 8.20. The van der Waals surface area contributed by atoms with E-state index < -0.39 is 0 Å². The third-order valence-electron chi connectivity index (χ3n) is 2.93. The molecular weight excluding hydrogens is 356 g/mol. The van der Waals surface area contributed by atoms with Gasteiger partial charge in [-0.25, -0.2) is 4.98 Å². The maximum atomic E-state index is 6.08. The summed E-state index contributed by atoms with van der Waals surface area (Å²) < 4.78 is 2.16. The zero-order valence-corrected chi connectivity index (χ0v) is 13.7. The molecule has 3 aromatic rings. The number of thiazole rings is 1. The van der Waals surface area contributed by atoms with Crippen molar-refractivity contribution in [2.75, 3.05) is 0 Å². The van der Waals surface area contributed by atoms with Crippen molar-refractivity contribution in [2.45, 2.75) is 13.1 Å². The molecule has 0 amide bonds. The van der Waals surface area contributed by atoms with Gasteiger partial charge in [0.2, 0.25) is 0 Å². The summed E-state index contributed by atoms with van der Waals surface area (Å²) in [4.78, 5) is 4.60. The number of hydrogen-bond donors (Lipinski definition) is 1. The molecule has 0 bridgehead atoms. The van der Waals surface area contributed by atoms with Crippen LogP contribution < -0.4 is 5.32 Å². The largest absolute Gasteiger partial charge is 0.306 e. The lowest BCUT2D eigenvalue weighted by molar-refractivity contribution is 0.691. The van der Waals surface area contributed by atoms with Crippen molar-refractivity contribution >= 4 is 49.1 Å². The van der Waals surface area contributed by atoms with Gasteiger partial charge >= 0.3 is 0 Å². The SMILES string of the molecule is Clc1cc(CNCc2nc3ccccc3s2)ccc1Br. The lowest BCUT2D eigenvalue weighted by Crippen LogP contribution is -2.12. The van der Waals surface area contributed by atoms with Crippen molar-refractivity contribution in [1.29, 1.82) is 0 Å². The lowest BCUT2D eigenvalue weighted by Gasteiger charge is -2.04. The maximum Gasteiger partial charge on any atom is 0.108 e. The van der Waals surface area contributed by atoms with Crippen molar-refractivity contribution in [3.63, 3.8) is 0 Å². The van der Waals surface area contributed by atoms with E-state index in [1.807, 2.05) is 30.3 Å². The standard InChI is InChI=1S/C15H12BrClN2S/c16-11-6-5-10(7-12(11)17)8-18-9-15-19-13-3-1-2-4-14(13)20-15/h1-7,18H,8-9H2. The summed E-state index contributed by atoms with van der Waals surface area (Å²) in [7, 11) is 0. The highest BCUT2D eigenvalue weighted by Gasteiger charge is 2.03. The van der Waals surface area contributed by atoms with Crippen molar-refractivity contribution < 1.29 is 0 Å². The van der Waals surface area contributed by atoms with Gasteiger partial charge in [-0.1, -0.05) is 29.8 Å². The van der Waals surface area contributed by atoms with Crippen molar-refractivity contribution in [3.8, 4) is 0 Å². The Morgan fingerprint density at radius 2 is 2.00 bits per heavy atom. The smallest absolute Gasteiger partial charge is 0.108 e. The van der Waals surface area contributed by atoms with Crippen LogP contribution in [0, 0.1) is 0 Å². The van der Waals surface area contributed by atoms with Gasteiger partial charge in [0.25, 0.3) is 0 Å². The Bertz CT molecular complexity index is 709. The molecule has 0 aliphatic carbocycles. The zero-order chi connectivity index (χ0) is 13.9. The topological polar surface area (TPSA) is 24.9 Å². The highest BCUT2D eigenvalue weighted by Crippen LogP contribution is 2.24. The normalized spacial score (nSPS) is 11.1. The van der Waals surface area contributed by atoms with Crippen LogP contribution in [0.15, 0.2) is 46.9 Å². The predicted molar refractivity (Wildman–Crippen MR) is 89.3 cm³/mol. The minimum atomic E-state index is 0.740. The van der Waals surface area contributed by atoms with Crippen LogP contribution in [0.1, 0.15) is 10.6 Å². The van der Waals surface area contributed by atoms with Crippen molar-refractivity contribution in [3.05, 3.63) is 62.5 Å². The number of hydrogen-bond acceptors (Lipinski definition) is 3. The van der Waals surface area contributed by atoms with E-state index in [-0.39, 0.29) is 0 Å². The Hall–Kier alpha value is -0.940. The molecular formula is C15H12BrClN2S. The van der Waals surface area contributed by atoms with Crippen molar-refractivity contribution in [1.82, 2.24) is 10.3 Å². The van der Waals surface area contributed by atoms with Crippen LogP contribution in [-0.2, 0) is 13.1 Å². The van der Waals surface area contributed by atoms with Gasteiger partial charge in [-0.2, -0.15) is 0 Å². The Kier molecular flexibility index (Phi) is 4.36.